The van der Waals surface area contributed by atoms with Gasteiger partial charge < -0.3 is 10.2 Å². The van der Waals surface area contributed by atoms with Crippen molar-refractivity contribution < 1.29 is 13.2 Å². The maximum Gasteiger partial charge on any atom is 0.243 e. The van der Waals surface area contributed by atoms with Crippen LogP contribution in [0.3, 0.4) is 0 Å². The molecule has 1 aliphatic heterocycles. The van der Waals surface area contributed by atoms with Crippen molar-refractivity contribution in [2.24, 2.45) is 5.92 Å². The second-order valence-electron chi connectivity index (χ2n) is 9.01. The molecular weight excluding hydrogens is 448 g/mol. The summed E-state index contributed by atoms with van der Waals surface area (Å²) in [7, 11) is -3.99. The lowest BCUT2D eigenvalue weighted by molar-refractivity contribution is -0.122. The first-order chi connectivity index (χ1) is 16.4. The van der Waals surface area contributed by atoms with Crippen molar-refractivity contribution in [3.8, 4) is 0 Å². The van der Waals surface area contributed by atoms with Gasteiger partial charge >= 0.3 is 0 Å². The summed E-state index contributed by atoms with van der Waals surface area (Å²) in [5.41, 5.74) is 1.27. The summed E-state index contributed by atoms with van der Waals surface area (Å²) in [5, 5.41) is 3.68. The lowest BCUT2D eigenvalue weighted by Crippen LogP contribution is -2.49. The number of para-hydroxylation sites is 1. The Balaban J connectivity index is 1.49. The lowest BCUT2D eigenvalue weighted by atomic mass is 9.99. The molecule has 1 aliphatic rings. The Bertz CT molecular complexity index is 1200. The zero-order chi connectivity index (χ0) is 24.0. The van der Waals surface area contributed by atoms with Crippen LogP contribution in [-0.4, -0.2) is 56.4 Å². The number of hydrogen-bond acceptors (Lipinski definition) is 5. The highest BCUT2D eigenvalue weighted by Gasteiger charge is 2.27. The first-order valence-electron chi connectivity index (χ1n) is 11.8. The van der Waals surface area contributed by atoms with Crippen molar-refractivity contribution in [1.29, 1.82) is 0 Å². The molecule has 0 radical (unpaired) electrons. The van der Waals surface area contributed by atoms with E-state index in [2.05, 4.69) is 26.8 Å². The fourth-order valence-electron chi connectivity index (χ4n) is 4.33. The lowest BCUT2D eigenvalue weighted by Gasteiger charge is -2.30. The monoisotopic (exact) mass is 480 g/mol. The minimum atomic E-state index is -3.99. The molecule has 2 aromatic carbocycles. The summed E-state index contributed by atoms with van der Waals surface area (Å²) < 4.78 is 29.4. The van der Waals surface area contributed by atoms with Crippen LogP contribution in [0.4, 0.5) is 0 Å². The van der Waals surface area contributed by atoms with E-state index in [9.17, 15) is 13.2 Å². The maximum absolute atomic E-state index is 13.4. The molecule has 180 valence electrons. The van der Waals surface area contributed by atoms with Gasteiger partial charge in [-0.1, -0.05) is 55.5 Å². The van der Waals surface area contributed by atoms with Crippen molar-refractivity contribution in [3.05, 3.63) is 72.4 Å². The van der Waals surface area contributed by atoms with Gasteiger partial charge in [0.25, 0.3) is 0 Å². The Hall–Kier alpha value is -2.81. The van der Waals surface area contributed by atoms with E-state index in [1.807, 2.05) is 42.5 Å². The molecule has 4 rings (SSSR count). The molecule has 1 aromatic heterocycles. The van der Waals surface area contributed by atoms with E-state index in [4.69, 9.17) is 0 Å². The number of nitrogens with one attached hydrogen (secondary N) is 2. The highest BCUT2D eigenvalue weighted by Crippen LogP contribution is 2.21. The van der Waals surface area contributed by atoms with Gasteiger partial charge in [0.2, 0.25) is 15.9 Å². The smallest absolute Gasteiger partial charge is 0.243 e. The van der Waals surface area contributed by atoms with Crippen molar-refractivity contribution in [2.75, 3.05) is 26.2 Å². The van der Waals surface area contributed by atoms with Crippen LogP contribution in [0.25, 0.3) is 10.9 Å². The largest absolute Gasteiger partial charge is 0.353 e. The third kappa shape index (κ3) is 6.20. The number of carbonyl (C=O) groups is 1. The highest BCUT2D eigenvalue weighted by molar-refractivity contribution is 7.89. The van der Waals surface area contributed by atoms with E-state index < -0.39 is 16.1 Å². The summed E-state index contributed by atoms with van der Waals surface area (Å²) >= 11 is 0. The first kappa shape index (κ1) is 24.3. The van der Waals surface area contributed by atoms with Gasteiger partial charge in [0.1, 0.15) is 10.9 Å². The summed E-state index contributed by atoms with van der Waals surface area (Å²) in [6, 6.07) is 17.1. The number of amides is 1. The van der Waals surface area contributed by atoms with Crippen molar-refractivity contribution in [1.82, 2.24) is 19.9 Å². The topological polar surface area (TPSA) is 91.4 Å². The van der Waals surface area contributed by atoms with Crippen LogP contribution in [0.5, 0.6) is 0 Å². The van der Waals surface area contributed by atoms with Crippen LogP contribution in [-0.2, 0) is 21.2 Å². The Kier molecular flexibility index (Phi) is 7.92. The van der Waals surface area contributed by atoms with Crippen LogP contribution in [0.1, 0.15) is 25.3 Å². The SMILES string of the molecule is CC1CCN(CCNC(=O)[C@@H](Cc2ccccc2)NS(=O)(=O)c2cccc3cccnc23)CC1. The molecule has 2 heterocycles. The summed E-state index contributed by atoms with van der Waals surface area (Å²) in [6.07, 6.45) is 4.16. The fourth-order valence-corrected chi connectivity index (χ4v) is 5.70. The number of likely N-dealkylation sites (tertiary alicyclic amines) is 1. The molecule has 34 heavy (non-hydrogen) atoms. The average Bonchev–Trinajstić information content (AvgIpc) is 2.85. The van der Waals surface area contributed by atoms with Gasteiger partial charge in [-0.05, 0) is 56.0 Å². The number of aromatic nitrogens is 1. The molecule has 0 aliphatic carbocycles. The number of sulfonamides is 1. The Morgan fingerprint density at radius 1 is 1.06 bits per heavy atom. The second kappa shape index (κ2) is 11.1. The average molecular weight is 481 g/mol. The van der Waals surface area contributed by atoms with Crippen LogP contribution in [0.2, 0.25) is 0 Å². The van der Waals surface area contributed by atoms with E-state index in [0.717, 1.165) is 36.5 Å². The van der Waals surface area contributed by atoms with Crippen molar-refractivity contribution >= 4 is 26.8 Å². The number of nitrogens with zero attached hydrogens (tertiary/aromatic N) is 2. The first-order valence-corrected chi connectivity index (χ1v) is 13.3. The number of hydrogen-bond donors (Lipinski definition) is 2. The van der Waals surface area contributed by atoms with Crippen molar-refractivity contribution in [2.45, 2.75) is 37.1 Å². The van der Waals surface area contributed by atoms with Crippen LogP contribution < -0.4 is 10.0 Å². The molecule has 0 spiro atoms. The van der Waals surface area contributed by atoms with Crippen LogP contribution >= 0.6 is 0 Å². The van der Waals surface area contributed by atoms with Gasteiger partial charge in [-0.15, -0.1) is 0 Å². The van der Waals surface area contributed by atoms with Gasteiger partial charge in [0, 0.05) is 24.7 Å². The number of benzene rings is 2. The maximum atomic E-state index is 13.4. The van der Waals surface area contributed by atoms with E-state index in [1.165, 1.54) is 18.9 Å². The summed E-state index contributed by atoms with van der Waals surface area (Å²) in [5.74, 6) is 0.421. The fraction of sp³-hybridized carbons (Fsp3) is 0.385. The van der Waals surface area contributed by atoms with Crippen molar-refractivity contribution in [3.63, 3.8) is 0 Å². The van der Waals surface area contributed by atoms with Gasteiger partial charge in [0.15, 0.2) is 0 Å². The van der Waals surface area contributed by atoms with Crippen LogP contribution in [0, 0.1) is 5.92 Å². The van der Waals surface area contributed by atoms with Gasteiger partial charge in [-0.3, -0.25) is 9.78 Å². The molecule has 0 saturated carbocycles. The van der Waals surface area contributed by atoms with E-state index in [0.29, 0.717) is 12.1 Å². The predicted molar refractivity (Wildman–Crippen MR) is 134 cm³/mol. The molecular formula is C26H32N4O3S. The molecule has 1 saturated heterocycles. The van der Waals surface area contributed by atoms with Gasteiger partial charge in [-0.25, -0.2) is 8.42 Å². The van der Waals surface area contributed by atoms with E-state index in [-0.39, 0.29) is 17.2 Å². The number of piperidine rings is 1. The second-order valence-corrected chi connectivity index (χ2v) is 10.7. The molecule has 1 amide bonds. The molecule has 8 heteroatoms. The summed E-state index contributed by atoms with van der Waals surface area (Å²) in [4.78, 5) is 19.8. The Morgan fingerprint density at radius 2 is 1.79 bits per heavy atom. The molecule has 0 bridgehead atoms. The molecule has 1 fully saturated rings. The Morgan fingerprint density at radius 3 is 2.56 bits per heavy atom. The third-order valence-electron chi connectivity index (χ3n) is 6.39. The van der Waals surface area contributed by atoms with E-state index >= 15 is 0 Å². The van der Waals surface area contributed by atoms with Gasteiger partial charge in [-0.2, -0.15) is 4.72 Å². The van der Waals surface area contributed by atoms with E-state index in [1.54, 1.807) is 18.3 Å². The zero-order valence-electron chi connectivity index (χ0n) is 19.5. The highest BCUT2D eigenvalue weighted by atomic mass is 32.2. The quantitative estimate of drug-likeness (QED) is 0.491. The minimum Gasteiger partial charge on any atom is -0.353 e. The normalized spacial score (nSPS) is 16.4. The van der Waals surface area contributed by atoms with Gasteiger partial charge in [0.05, 0.1) is 5.52 Å². The Labute approximate surface area is 201 Å². The summed E-state index contributed by atoms with van der Waals surface area (Å²) in [6.45, 7) is 5.58. The molecule has 2 N–H and O–H groups in total. The minimum absolute atomic E-state index is 0.0684. The third-order valence-corrected chi connectivity index (χ3v) is 7.89. The molecule has 0 unspecified atom stereocenters. The zero-order valence-corrected chi connectivity index (χ0v) is 20.3. The number of fused-ring (bicyclic) bond motifs is 1. The molecule has 3 aromatic rings. The van der Waals surface area contributed by atoms with Crippen LogP contribution in [0.15, 0.2) is 71.8 Å². The number of rotatable bonds is 9. The predicted octanol–water partition coefficient (Wildman–Crippen LogP) is 2.97. The molecule has 1 atom stereocenters. The standard InChI is InChI=1S/C26H32N4O3S/c1-20-12-16-30(17-13-20)18-15-28-26(31)23(19-21-7-3-2-4-8-21)29-34(32,33)24-11-5-9-22-10-6-14-27-25(22)24/h2-11,14,20,23,29H,12-13,15-19H2,1H3,(H,28,31)/t23-/m1/s1. The number of pyridine rings is 1. The number of carbonyl (C=O) groups excluding carboxylic acids is 1. The molecule has 7 nitrogen and oxygen atoms in total.